The quantitative estimate of drug-likeness (QED) is 0.892. The summed E-state index contributed by atoms with van der Waals surface area (Å²) in [4.78, 5) is 1.37. The van der Waals surface area contributed by atoms with Gasteiger partial charge in [-0.25, -0.2) is 0 Å². The van der Waals surface area contributed by atoms with Gasteiger partial charge in [0, 0.05) is 22.1 Å². The van der Waals surface area contributed by atoms with Gasteiger partial charge in [-0.3, -0.25) is 0 Å². The maximum absolute atomic E-state index is 10.0. The molecule has 0 aliphatic carbocycles. The Labute approximate surface area is 130 Å². The standard InChI is InChI=1S/C18H21NOS/c19-12-18(13-20,15-7-2-1-3-8-15)11-16-10-14-6-4-5-9-17(14)21-16/h1-9,16,20H,10-13,19H2. The molecule has 2 aromatic rings. The van der Waals surface area contributed by atoms with E-state index in [1.807, 2.05) is 30.0 Å². The van der Waals surface area contributed by atoms with Gasteiger partial charge in [-0.1, -0.05) is 48.5 Å². The first-order valence-electron chi connectivity index (χ1n) is 7.38. The van der Waals surface area contributed by atoms with Crippen LogP contribution in [0.15, 0.2) is 59.5 Å². The van der Waals surface area contributed by atoms with E-state index in [0.717, 1.165) is 18.4 Å². The van der Waals surface area contributed by atoms with Gasteiger partial charge >= 0.3 is 0 Å². The highest BCUT2D eigenvalue weighted by atomic mass is 32.2. The van der Waals surface area contributed by atoms with Gasteiger partial charge in [-0.15, -0.1) is 11.8 Å². The molecule has 3 rings (SSSR count). The summed E-state index contributed by atoms with van der Waals surface area (Å²) in [7, 11) is 0. The molecule has 21 heavy (non-hydrogen) atoms. The van der Waals surface area contributed by atoms with Gasteiger partial charge in [0.25, 0.3) is 0 Å². The number of thioether (sulfide) groups is 1. The van der Waals surface area contributed by atoms with E-state index >= 15 is 0 Å². The lowest BCUT2D eigenvalue weighted by atomic mass is 9.76. The number of hydrogen-bond acceptors (Lipinski definition) is 3. The van der Waals surface area contributed by atoms with Crippen molar-refractivity contribution in [3.63, 3.8) is 0 Å². The monoisotopic (exact) mass is 299 g/mol. The Morgan fingerprint density at radius 2 is 1.81 bits per heavy atom. The predicted molar refractivity (Wildman–Crippen MR) is 88.7 cm³/mol. The first-order valence-corrected chi connectivity index (χ1v) is 8.26. The summed E-state index contributed by atoms with van der Waals surface area (Å²) in [5.74, 6) is 0. The van der Waals surface area contributed by atoms with Gasteiger partial charge in [0.1, 0.15) is 0 Å². The number of hydrogen-bond donors (Lipinski definition) is 2. The Kier molecular flexibility index (Phi) is 4.34. The largest absolute Gasteiger partial charge is 0.395 e. The van der Waals surface area contributed by atoms with Crippen LogP contribution in [0.1, 0.15) is 17.5 Å². The van der Waals surface area contributed by atoms with E-state index in [0.29, 0.717) is 11.8 Å². The van der Waals surface area contributed by atoms with E-state index in [1.165, 1.54) is 10.5 Å². The molecule has 110 valence electrons. The van der Waals surface area contributed by atoms with E-state index in [-0.39, 0.29) is 12.0 Å². The van der Waals surface area contributed by atoms with Crippen molar-refractivity contribution in [2.45, 2.75) is 28.4 Å². The third-order valence-corrected chi connectivity index (χ3v) is 5.73. The molecule has 1 aliphatic heterocycles. The Morgan fingerprint density at radius 1 is 1.10 bits per heavy atom. The lowest BCUT2D eigenvalue weighted by Crippen LogP contribution is -2.41. The molecule has 0 amide bonds. The van der Waals surface area contributed by atoms with Crippen LogP contribution >= 0.6 is 11.8 Å². The van der Waals surface area contributed by atoms with Crippen molar-refractivity contribution >= 4 is 11.8 Å². The molecule has 3 heteroatoms. The number of benzene rings is 2. The van der Waals surface area contributed by atoms with Crippen LogP contribution in [-0.2, 0) is 11.8 Å². The predicted octanol–water partition coefficient (Wildman–Crippen LogP) is 2.98. The second kappa shape index (κ2) is 6.22. The lowest BCUT2D eigenvalue weighted by Gasteiger charge is -2.33. The molecule has 0 fully saturated rings. The van der Waals surface area contributed by atoms with Crippen LogP contribution in [-0.4, -0.2) is 23.5 Å². The smallest absolute Gasteiger partial charge is 0.0540 e. The summed E-state index contributed by atoms with van der Waals surface area (Å²) in [5.41, 5.74) is 8.30. The maximum Gasteiger partial charge on any atom is 0.0540 e. The average Bonchev–Trinajstić information content (AvgIpc) is 2.96. The van der Waals surface area contributed by atoms with Crippen LogP contribution in [0.2, 0.25) is 0 Å². The third-order valence-electron chi connectivity index (χ3n) is 4.41. The van der Waals surface area contributed by atoms with Crippen molar-refractivity contribution in [1.82, 2.24) is 0 Å². The van der Waals surface area contributed by atoms with Crippen molar-refractivity contribution in [1.29, 1.82) is 0 Å². The zero-order valence-electron chi connectivity index (χ0n) is 12.0. The Balaban J connectivity index is 1.82. The zero-order chi connectivity index (χ0) is 14.7. The molecule has 0 radical (unpaired) electrons. The second-order valence-electron chi connectivity index (χ2n) is 5.76. The van der Waals surface area contributed by atoms with Crippen LogP contribution in [0.5, 0.6) is 0 Å². The van der Waals surface area contributed by atoms with Gasteiger partial charge in [-0.05, 0) is 30.0 Å². The van der Waals surface area contributed by atoms with Crippen LogP contribution in [0.4, 0.5) is 0 Å². The minimum absolute atomic E-state index is 0.0981. The van der Waals surface area contributed by atoms with Gasteiger partial charge in [0.15, 0.2) is 0 Å². The van der Waals surface area contributed by atoms with Crippen molar-refractivity contribution < 1.29 is 5.11 Å². The highest BCUT2D eigenvalue weighted by Crippen LogP contribution is 2.42. The Hall–Kier alpha value is -1.29. The van der Waals surface area contributed by atoms with E-state index in [4.69, 9.17) is 5.73 Å². The molecule has 1 aliphatic rings. The summed E-state index contributed by atoms with van der Waals surface area (Å²) in [5, 5.41) is 10.5. The first kappa shape index (κ1) is 14.6. The highest BCUT2D eigenvalue weighted by Gasteiger charge is 2.35. The van der Waals surface area contributed by atoms with Crippen molar-refractivity contribution in [3.8, 4) is 0 Å². The minimum atomic E-state index is -0.332. The summed E-state index contributed by atoms with van der Waals surface area (Å²) in [6, 6.07) is 18.8. The fraction of sp³-hybridized carbons (Fsp3) is 0.333. The molecule has 3 N–H and O–H groups in total. The molecule has 0 aromatic heterocycles. The van der Waals surface area contributed by atoms with Crippen LogP contribution in [0, 0.1) is 0 Å². The average molecular weight is 299 g/mol. The Bertz CT molecular complexity index is 570. The number of rotatable bonds is 5. The molecule has 1 heterocycles. The molecular formula is C18H21NOS. The molecule has 2 unspecified atom stereocenters. The van der Waals surface area contributed by atoms with Gasteiger partial charge in [-0.2, -0.15) is 0 Å². The normalized spacial score (nSPS) is 20.0. The minimum Gasteiger partial charge on any atom is -0.395 e. The highest BCUT2D eigenvalue weighted by molar-refractivity contribution is 8.00. The molecule has 0 saturated heterocycles. The molecule has 0 bridgehead atoms. The molecule has 2 atom stereocenters. The number of aliphatic hydroxyl groups excluding tert-OH is 1. The summed E-state index contributed by atoms with van der Waals surface area (Å²) in [6.45, 7) is 0.571. The van der Waals surface area contributed by atoms with Gasteiger partial charge in [0.05, 0.1) is 6.61 Å². The van der Waals surface area contributed by atoms with Gasteiger partial charge < -0.3 is 10.8 Å². The first-order chi connectivity index (χ1) is 10.3. The van der Waals surface area contributed by atoms with E-state index in [2.05, 4.69) is 36.4 Å². The summed E-state index contributed by atoms with van der Waals surface area (Å²) in [6.07, 6.45) is 1.97. The summed E-state index contributed by atoms with van der Waals surface area (Å²) < 4.78 is 0. The van der Waals surface area contributed by atoms with E-state index in [1.54, 1.807) is 0 Å². The maximum atomic E-state index is 10.0. The van der Waals surface area contributed by atoms with Crippen molar-refractivity contribution in [2.24, 2.45) is 5.73 Å². The third kappa shape index (κ3) is 2.86. The number of fused-ring (bicyclic) bond motifs is 1. The topological polar surface area (TPSA) is 46.2 Å². The lowest BCUT2D eigenvalue weighted by molar-refractivity contribution is 0.187. The molecule has 2 nitrogen and oxygen atoms in total. The fourth-order valence-corrected chi connectivity index (χ4v) is 4.62. The molecule has 0 saturated carbocycles. The van der Waals surface area contributed by atoms with Crippen LogP contribution in [0.25, 0.3) is 0 Å². The SMILES string of the molecule is NCC(CO)(CC1Cc2ccccc2S1)c1ccccc1. The number of aliphatic hydroxyl groups is 1. The Morgan fingerprint density at radius 3 is 2.48 bits per heavy atom. The fourth-order valence-electron chi connectivity index (χ4n) is 3.13. The van der Waals surface area contributed by atoms with Crippen molar-refractivity contribution in [2.75, 3.05) is 13.2 Å². The van der Waals surface area contributed by atoms with Gasteiger partial charge in [0.2, 0.25) is 0 Å². The zero-order valence-corrected chi connectivity index (χ0v) is 12.9. The number of nitrogens with two attached hydrogens (primary N) is 1. The molecule has 2 aromatic carbocycles. The second-order valence-corrected chi connectivity index (χ2v) is 7.11. The van der Waals surface area contributed by atoms with E-state index in [9.17, 15) is 5.11 Å². The van der Waals surface area contributed by atoms with Crippen molar-refractivity contribution in [3.05, 3.63) is 65.7 Å². The molecular weight excluding hydrogens is 278 g/mol. The van der Waals surface area contributed by atoms with Crippen LogP contribution in [0.3, 0.4) is 0 Å². The molecule has 0 spiro atoms. The van der Waals surface area contributed by atoms with Crippen LogP contribution < -0.4 is 5.73 Å². The summed E-state index contributed by atoms with van der Waals surface area (Å²) >= 11 is 1.92. The van der Waals surface area contributed by atoms with E-state index < -0.39 is 0 Å².